The summed E-state index contributed by atoms with van der Waals surface area (Å²) in [5.74, 6) is 0.519. The summed E-state index contributed by atoms with van der Waals surface area (Å²) < 4.78 is 5.70. The number of hydrogen-bond acceptors (Lipinski definition) is 8. The summed E-state index contributed by atoms with van der Waals surface area (Å²) >= 11 is 0. The number of hydrogen-bond donors (Lipinski definition) is 3. The molecule has 0 fully saturated rings. The van der Waals surface area contributed by atoms with Crippen LogP contribution in [0.1, 0.15) is 39.1 Å². The van der Waals surface area contributed by atoms with E-state index >= 15 is 0 Å². The molecule has 3 aromatic heterocycles. The summed E-state index contributed by atoms with van der Waals surface area (Å²) in [5, 5.41) is 15.2. The van der Waals surface area contributed by atoms with Gasteiger partial charge in [-0.25, -0.2) is 9.97 Å². The van der Waals surface area contributed by atoms with E-state index in [1.54, 1.807) is 31.7 Å². The zero-order valence-electron chi connectivity index (χ0n) is 17.7. The molecule has 3 aromatic rings. The molecule has 0 spiro atoms. The fourth-order valence-corrected chi connectivity index (χ4v) is 2.97. The van der Waals surface area contributed by atoms with E-state index in [2.05, 4.69) is 39.4 Å². The smallest absolute Gasteiger partial charge is 0.222 e. The maximum absolute atomic E-state index is 8.31. The molecule has 8 nitrogen and oxygen atoms in total. The van der Waals surface area contributed by atoms with Crippen molar-refractivity contribution in [3.63, 3.8) is 0 Å². The molecule has 0 aromatic carbocycles. The normalized spacial score (nSPS) is 10.7. The number of rotatable bonds is 9. The Bertz CT molecular complexity index is 1010. The van der Waals surface area contributed by atoms with E-state index < -0.39 is 0 Å². The van der Waals surface area contributed by atoms with Crippen LogP contribution in [0.2, 0.25) is 0 Å². The lowest BCUT2D eigenvalue weighted by atomic mass is 10.1. The molecule has 0 atom stereocenters. The molecular weight excluding hydrogens is 378 g/mol. The van der Waals surface area contributed by atoms with E-state index in [1.807, 2.05) is 25.1 Å². The summed E-state index contributed by atoms with van der Waals surface area (Å²) in [7, 11) is 0. The van der Waals surface area contributed by atoms with Gasteiger partial charge in [0.2, 0.25) is 5.88 Å². The van der Waals surface area contributed by atoms with E-state index in [0.717, 1.165) is 22.6 Å². The molecule has 0 aliphatic rings. The molecule has 8 heteroatoms. The third-order valence-electron chi connectivity index (χ3n) is 4.21. The average Bonchev–Trinajstić information content (AvgIpc) is 2.73. The van der Waals surface area contributed by atoms with Crippen molar-refractivity contribution in [2.75, 3.05) is 17.2 Å². The quantitative estimate of drug-likeness (QED) is 0.459. The lowest BCUT2D eigenvalue weighted by molar-refractivity contribution is 0.328. The molecule has 0 aliphatic carbocycles. The second kappa shape index (κ2) is 9.78. The highest BCUT2D eigenvalue weighted by atomic mass is 16.5. The van der Waals surface area contributed by atoms with E-state index in [4.69, 9.17) is 15.1 Å². The average molecular weight is 406 g/mol. The van der Waals surface area contributed by atoms with Gasteiger partial charge in [0.1, 0.15) is 5.69 Å². The summed E-state index contributed by atoms with van der Waals surface area (Å²) in [6, 6.07) is 5.90. The van der Waals surface area contributed by atoms with Gasteiger partial charge >= 0.3 is 0 Å². The fraction of sp³-hybridized carbons (Fsp3) is 0.318. The number of nitrogens with zero attached hydrogens (tertiary/aromatic N) is 4. The zero-order valence-corrected chi connectivity index (χ0v) is 17.7. The first kappa shape index (κ1) is 21.2. The minimum Gasteiger partial charge on any atom is -0.477 e. The van der Waals surface area contributed by atoms with E-state index in [-0.39, 0.29) is 6.04 Å². The predicted molar refractivity (Wildman–Crippen MR) is 119 cm³/mol. The van der Waals surface area contributed by atoms with Crippen LogP contribution in [0, 0.1) is 5.41 Å². The Labute approximate surface area is 176 Å². The second-order valence-electron chi connectivity index (χ2n) is 7.04. The Morgan fingerprint density at radius 1 is 1.20 bits per heavy atom. The number of anilines is 2. The van der Waals surface area contributed by atoms with Gasteiger partial charge in [-0.05, 0) is 45.9 Å². The molecule has 3 rings (SSSR count). The molecule has 0 saturated carbocycles. The van der Waals surface area contributed by atoms with Crippen LogP contribution in [0.25, 0.3) is 11.3 Å². The first-order valence-corrected chi connectivity index (χ1v) is 9.93. The summed E-state index contributed by atoms with van der Waals surface area (Å²) in [6.45, 7) is 8.76. The van der Waals surface area contributed by atoms with Crippen molar-refractivity contribution in [1.29, 1.82) is 5.41 Å². The highest BCUT2D eigenvalue weighted by molar-refractivity contribution is 6.03. The SMILES string of the molecule is CCOc1ncccc1-c1cc(NCc2cnccn2)c(NC(C)C)c(C(C)=N)n1. The Kier molecular flexibility index (Phi) is 6.90. The highest BCUT2D eigenvalue weighted by Gasteiger charge is 2.18. The van der Waals surface area contributed by atoms with E-state index in [9.17, 15) is 0 Å². The lowest BCUT2D eigenvalue weighted by Crippen LogP contribution is -2.17. The molecule has 0 bridgehead atoms. The largest absolute Gasteiger partial charge is 0.477 e. The summed E-state index contributed by atoms with van der Waals surface area (Å²) in [4.78, 5) is 17.6. The molecule has 156 valence electrons. The molecule has 0 amide bonds. The van der Waals surface area contributed by atoms with Crippen LogP contribution in [0.15, 0.2) is 43.0 Å². The zero-order chi connectivity index (χ0) is 21.5. The first-order valence-electron chi connectivity index (χ1n) is 9.93. The van der Waals surface area contributed by atoms with Crippen molar-refractivity contribution >= 4 is 17.1 Å². The predicted octanol–water partition coefficient (Wildman–Crippen LogP) is 4.15. The minimum atomic E-state index is 0.171. The minimum absolute atomic E-state index is 0.171. The monoisotopic (exact) mass is 405 g/mol. The first-order chi connectivity index (χ1) is 14.5. The number of pyridine rings is 2. The van der Waals surface area contributed by atoms with Crippen LogP contribution in [0.3, 0.4) is 0 Å². The van der Waals surface area contributed by atoms with Crippen LogP contribution in [0.5, 0.6) is 5.88 Å². The van der Waals surface area contributed by atoms with Gasteiger partial charge in [-0.15, -0.1) is 0 Å². The molecule has 3 heterocycles. The molecule has 0 aliphatic heterocycles. The molecule has 0 radical (unpaired) electrons. The van der Waals surface area contributed by atoms with Crippen molar-refractivity contribution < 1.29 is 4.74 Å². The lowest BCUT2D eigenvalue weighted by Gasteiger charge is -2.21. The second-order valence-corrected chi connectivity index (χ2v) is 7.04. The topological polar surface area (TPSA) is 109 Å². The fourth-order valence-electron chi connectivity index (χ4n) is 2.97. The molecule has 0 unspecified atom stereocenters. The van der Waals surface area contributed by atoms with Crippen molar-refractivity contribution in [3.8, 4) is 17.1 Å². The van der Waals surface area contributed by atoms with Crippen molar-refractivity contribution in [1.82, 2.24) is 19.9 Å². The van der Waals surface area contributed by atoms with Gasteiger partial charge in [0.05, 0.1) is 53.4 Å². The standard InChI is InChI=1S/C22H27N7O/c1-5-30-22-17(7-6-8-26-22)18-11-19(27-13-16-12-24-9-10-25-16)21(28-14(2)3)20(29-18)15(4)23/h6-12,14,23,28H,5,13H2,1-4H3,(H,27,29). The van der Waals surface area contributed by atoms with E-state index in [1.165, 1.54) is 0 Å². The summed E-state index contributed by atoms with van der Waals surface area (Å²) in [6.07, 6.45) is 6.73. The Morgan fingerprint density at radius 3 is 2.70 bits per heavy atom. The molecule has 0 saturated heterocycles. The van der Waals surface area contributed by atoms with Gasteiger partial charge in [-0.1, -0.05) is 0 Å². The third kappa shape index (κ3) is 5.08. The Hall–Kier alpha value is -3.55. The van der Waals surface area contributed by atoms with Gasteiger partial charge < -0.3 is 20.8 Å². The maximum atomic E-state index is 8.31. The molecule has 30 heavy (non-hydrogen) atoms. The number of nitrogens with one attached hydrogen (secondary N) is 3. The van der Waals surface area contributed by atoms with Gasteiger partial charge in [-0.2, -0.15) is 0 Å². The van der Waals surface area contributed by atoms with Crippen molar-refractivity contribution in [3.05, 3.63) is 54.4 Å². The van der Waals surface area contributed by atoms with Crippen molar-refractivity contribution in [2.24, 2.45) is 0 Å². The summed E-state index contributed by atoms with van der Waals surface area (Å²) in [5.41, 5.74) is 4.83. The van der Waals surface area contributed by atoms with E-state index in [0.29, 0.717) is 36.1 Å². The molecule has 3 N–H and O–H groups in total. The number of ether oxygens (including phenoxy) is 1. The maximum Gasteiger partial charge on any atom is 0.222 e. The highest BCUT2D eigenvalue weighted by Crippen LogP contribution is 2.34. The van der Waals surface area contributed by atoms with Gasteiger partial charge in [-0.3, -0.25) is 9.97 Å². The van der Waals surface area contributed by atoms with Crippen LogP contribution < -0.4 is 15.4 Å². The van der Waals surface area contributed by atoms with Gasteiger partial charge in [0.15, 0.2) is 0 Å². The molecular formula is C22H27N7O. The Balaban J connectivity index is 2.10. The van der Waals surface area contributed by atoms with Crippen LogP contribution in [-0.2, 0) is 6.54 Å². The Morgan fingerprint density at radius 2 is 2.03 bits per heavy atom. The van der Waals surface area contributed by atoms with Gasteiger partial charge in [0.25, 0.3) is 0 Å². The van der Waals surface area contributed by atoms with Crippen LogP contribution in [0.4, 0.5) is 11.4 Å². The van der Waals surface area contributed by atoms with Crippen molar-refractivity contribution in [2.45, 2.75) is 40.3 Å². The third-order valence-corrected chi connectivity index (χ3v) is 4.21. The van der Waals surface area contributed by atoms with Crippen LogP contribution >= 0.6 is 0 Å². The number of aromatic nitrogens is 4. The van der Waals surface area contributed by atoms with Gasteiger partial charge in [0, 0.05) is 24.6 Å². The van der Waals surface area contributed by atoms with Crippen LogP contribution in [-0.4, -0.2) is 38.3 Å².